The topological polar surface area (TPSA) is 35.5 Å². The van der Waals surface area contributed by atoms with Crippen molar-refractivity contribution in [3.8, 4) is 12.3 Å². The van der Waals surface area contributed by atoms with E-state index >= 15 is 0 Å². The summed E-state index contributed by atoms with van der Waals surface area (Å²) in [4.78, 5) is 12.5. The number of rotatable bonds is 6. The van der Waals surface area contributed by atoms with Crippen molar-refractivity contribution < 1.29 is 14.3 Å². The first-order chi connectivity index (χ1) is 8.65. The molecule has 0 spiro atoms. The van der Waals surface area contributed by atoms with Crippen LogP contribution in [0.2, 0.25) is 0 Å². The molecule has 0 aliphatic rings. The van der Waals surface area contributed by atoms with Crippen molar-refractivity contribution in [2.24, 2.45) is 0 Å². The zero-order valence-electron chi connectivity index (χ0n) is 10.6. The number of carbonyl (C=O) groups excluding carboxylic acids is 1. The fourth-order valence-corrected chi connectivity index (χ4v) is 1.73. The Morgan fingerprint density at radius 3 is 2.56 bits per heavy atom. The Hall–Kier alpha value is -1.89. The van der Waals surface area contributed by atoms with Gasteiger partial charge in [0, 0.05) is 31.8 Å². The molecule has 0 heterocycles. The molecule has 0 saturated heterocycles. The third kappa shape index (κ3) is 2.51. The SMILES string of the molecule is C#Cc1ccccc1C(=O)C(CC=C)(OC)OC. The normalized spacial score (nSPS) is 10.7. The summed E-state index contributed by atoms with van der Waals surface area (Å²) in [5, 5.41) is 0. The van der Waals surface area contributed by atoms with Crippen LogP contribution >= 0.6 is 0 Å². The van der Waals surface area contributed by atoms with E-state index in [1.807, 2.05) is 0 Å². The summed E-state index contributed by atoms with van der Waals surface area (Å²) in [5.74, 6) is 0.810. The molecule has 0 bridgehead atoms. The van der Waals surface area contributed by atoms with Gasteiger partial charge >= 0.3 is 0 Å². The average molecular weight is 244 g/mol. The summed E-state index contributed by atoms with van der Waals surface area (Å²) in [6, 6.07) is 6.89. The molecule has 18 heavy (non-hydrogen) atoms. The quantitative estimate of drug-likeness (QED) is 0.333. The Balaban J connectivity index is 3.26. The van der Waals surface area contributed by atoms with Gasteiger partial charge in [-0.15, -0.1) is 13.0 Å². The summed E-state index contributed by atoms with van der Waals surface area (Å²) in [6.45, 7) is 3.61. The first-order valence-corrected chi connectivity index (χ1v) is 5.46. The molecule has 0 radical (unpaired) electrons. The highest BCUT2D eigenvalue weighted by Gasteiger charge is 2.39. The molecule has 0 amide bonds. The predicted octanol–water partition coefficient (Wildman–Crippen LogP) is 2.42. The van der Waals surface area contributed by atoms with Gasteiger partial charge in [0.2, 0.25) is 11.6 Å². The fraction of sp³-hybridized carbons (Fsp3) is 0.267. The van der Waals surface area contributed by atoms with Crippen LogP contribution in [0.5, 0.6) is 0 Å². The van der Waals surface area contributed by atoms with E-state index in [-0.39, 0.29) is 12.2 Å². The largest absolute Gasteiger partial charge is 0.346 e. The lowest BCUT2D eigenvalue weighted by atomic mass is 9.96. The van der Waals surface area contributed by atoms with Crippen molar-refractivity contribution in [1.82, 2.24) is 0 Å². The van der Waals surface area contributed by atoms with Crippen molar-refractivity contribution >= 4 is 5.78 Å². The van der Waals surface area contributed by atoms with Gasteiger partial charge in [0.15, 0.2) is 0 Å². The molecule has 1 rings (SSSR count). The molecule has 0 unspecified atom stereocenters. The number of hydrogen-bond donors (Lipinski definition) is 0. The van der Waals surface area contributed by atoms with E-state index in [4.69, 9.17) is 15.9 Å². The zero-order valence-corrected chi connectivity index (χ0v) is 10.6. The Bertz CT molecular complexity index is 479. The molecule has 0 aromatic heterocycles. The Kier molecular flexibility index (Phi) is 4.85. The van der Waals surface area contributed by atoms with Gasteiger partial charge in [-0.1, -0.05) is 24.1 Å². The molecule has 1 aromatic carbocycles. The van der Waals surface area contributed by atoms with E-state index in [2.05, 4.69) is 12.5 Å². The molecule has 3 heteroatoms. The summed E-state index contributed by atoms with van der Waals surface area (Å²) in [6.07, 6.45) is 7.21. The standard InChI is InChI=1S/C15H16O3/c1-5-11-15(17-3,18-4)14(16)13-10-8-7-9-12(13)6-2/h2,5,7-10H,1,11H2,3-4H3. The average Bonchev–Trinajstić information content (AvgIpc) is 2.44. The van der Waals surface area contributed by atoms with Gasteiger partial charge < -0.3 is 9.47 Å². The van der Waals surface area contributed by atoms with Gasteiger partial charge in [-0.3, -0.25) is 4.79 Å². The third-order valence-electron chi connectivity index (χ3n) is 2.75. The number of hydrogen-bond acceptors (Lipinski definition) is 3. The molecule has 1 aromatic rings. The highest BCUT2D eigenvalue weighted by atomic mass is 16.7. The maximum atomic E-state index is 12.5. The van der Waals surface area contributed by atoms with Gasteiger partial charge in [0.25, 0.3) is 0 Å². The second kappa shape index (κ2) is 6.15. The fourth-order valence-electron chi connectivity index (χ4n) is 1.73. The number of benzene rings is 1. The first kappa shape index (κ1) is 14.2. The lowest BCUT2D eigenvalue weighted by Gasteiger charge is -2.28. The van der Waals surface area contributed by atoms with Crippen molar-refractivity contribution in [2.75, 3.05) is 14.2 Å². The third-order valence-corrected chi connectivity index (χ3v) is 2.75. The number of methoxy groups -OCH3 is 2. The van der Waals surface area contributed by atoms with Crippen LogP contribution in [0.15, 0.2) is 36.9 Å². The molecule has 0 aliphatic heterocycles. The second-order valence-electron chi connectivity index (χ2n) is 3.67. The minimum Gasteiger partial charge on any atom is -0.346 e. The van der Waals surface area contributed by atoms with Crippen LogP contribution in [0, 0.1) is 12.3 Å². The smallest absolute Gasteiger partial charge is 0.236 e. The van der Waals surface area contributed by atoms with Gasteiger partial charge in [-0.25, -0.2) is 0 Å². The van der Waals surface area contributed by atoms with Crippen LogP contribution in [0.25, 0.3) is 0 Å². The van der Waals surface area contributed by atoms with E-state index in [0.717, 1.165) is 0 Å². The first-order valence-electron chi connectivity index (χ1n) is 5.46. The number of ether oxygens (including phenoxy) is 2. The van der Waals surface area contributed by atoms with E-state index in [0.29, 0.717) is 11.1 Å². The van der Waals surface area contributed by atoms with Crippen LogP contribution < -0.4 is 0 Å². The lowest BCUT2D eigenvalue weighted by Crippen LogP contribution is -2.42. The number of carbonyl (C=O) groups is 1. The number of ketones is 1. The van der Waals surface area contributed by atoms with Crippen molar-refractivity contribution in [3.63, 3.8) is 0 Å². The monoisotopic (exact) mass is 244 g/mol. The van der Waals surface area contributed by atoms with E-state index in [1.54, 1.807) is 30.3 Å². The minimum atomic E-state index is -1.37. The molecule has 0 saturated carbocycles. The van der Waals surface area contributed by atoms with Crippen LogP contribution in [-0.2, 0) is 9.47 Å². The van der Waals surface area contributed by atoms with E-state index in [1.165, 1.54) is 14.2 Å². The summed E-state index contributed by atoms with van der Waals surface area (Å²) in [5.41, 5.74) is 0.926. The number of Topliss-reactive ketones (excluding diaryl/α,β-unsaturated/α-hetero) is 1. The number of terminal acetylenes is 1. The van der Waals surface area contributed by atoms with Crippen LogP contribution in [0.3, 0.4) is 0 Å². The van der Waals surface area contributed by atoms with Crippen molar-refractivity contribution in [1.29, 1.82) is 0 Å². The van der Waals surface area contributed by atoms with Gasteiger partial charge in [0.1, 0.15) is 0 Å². The Morgan fingerprint density at radius 1 is 1.44 bits per heavy atom. The molecule has 94 valence electrons. The lowest BCUT2D eigenvalue weighted by molar-refractivity contribution is -0.166. The molecule has 0 atom stereocenters. The van der Waals surface area contributed by atoms with Crippen LogP contribution in [0.4, 0.5) is 0 Å². The molecule has 3 nitrogen and oxygen atoms in total. The van der Waals surface area contributed by atoms with Gasteiger partial charge in [0.05, 0.1) is 0 Å². The summed E-state index contributed by atoms with van der Waals surface area (Å²) >= 11 is 0. The maximum Gasteiger partial charge on any atom is 0.236 e. The zero-order chi connectivity index (χ0) is 13.6. The maximum absolute atomic E-state index is 12.5. The summed E-state index contributed by atoms with van der Waals surface area (Å²) in [7, 11) is 2.84. The Labute approximate surface area is 107 Å². The molecule has 0 aliphatic carbocycles. The van der Waals surface area contributed by atoms with Crippen molar-refractivity contribution in [2.45, 2.75) is 12.2 Å². The van der Waals surface area contributed by atoms with Gasteiger partial charge in [-0.05, 0) is 12.1 Å². The highest BCUT2D eigenvalue weighted by molar-refractivity contribution is 6.03. The van der Waals surface area contributed by atoms with Gasteiger partial charge in [-0.2, -0.15) is 0 Å². The van der Waals surface area contributed by atoms with Crippen LogP contribution in [0.1, 0.15) is 22.3 Å². The summed E-state index contributed by atoms with van der Waals surface area (Å²) < 4.78 is 10.5. The highest BCUT2D eigenvalue weighted by Crippen LogP contribution is 2.24. The predicted molar refractivity (Wildman–Crippen MR) is 70.3 cm³/mol. The van der Waals surface area contributed by atoms with Crippen LogP contribution in [-0.4, -0.2) is 25.8 Å². The molecule has 0 N–H and O–H groups in total. The second-order valence-corrected chi connectivity index (χ2v) is 3.67. The van der Waals surface area contributed by atoms with E-state index in [9.17, 15) is 4.79 Å². The van der Waals surface area contributed by atoms with E-state index < -0.39 is 5.79 Å². The Morgan fingerprint density at radius 2 is 2.06 bits per heavy atom. The minimum absolute atomic E-state index is 0.248. The van der Waals surface area contributed by atoms with Crippen molar-refractivity contribution in [3.05, 3.63) is 48.0 Å². The molecular weight excluding hydrogens is 228 g/mol. The molecular formula is C15H16O3. The molecule has 0 fully saturated rings.